The molecular weight excluding hydrogens is 258 g/mol. The zero-order chi connectivity index (χ0) is 13.9. The van der Waals surface area contributed by atoms with Crippen molar-refractivity contribution in [2.24, 2.45) is 0 Å². The highest BCUT2D eigenvalue weighted by atomic mass is 16.2. The average Bonchev–Trinajstić information content (AvgIpc) is 2.92. The quantitative estimate of drug-likeness (QED) is 0.752. The summed E-state index contributed by atoms with van der Waals surface area (Å²) in [6.07, 6.45) is 2.90. The fourth-order valence-corrected chi connectivity index (χ4v) is 1.84. The molecule has 100 valence electrons. The number of para-hydroxylation sites is 1. The minimum Gasteiger partial charge on any atom is -0.324 e. The molecule has 0 bridgehead atoms. The summed E-state index contributed by atoms with van der Waals surface area (Å²) < 4.78 is 2.48. The van der Waals surface area contributed by atoms with Gasteiger partial charge in [-0.2, -0.15) is 10.2 Å². The highest BCUT2D eigenvalue weighted by molar-refractivity contribution is 5.90. The Morgan fingerprint density at radius 2 is 1.95 bits per heavy atom. The van der Waals surface area contributed by atoms with Crippen molar-refractivity contribution in [3.63, 3.8) is 0 Å². The number of anilines is 1. The van der Waals surface area contributed by atoms with Crippen molar-refractivity contribution in [2.45, 2.75) is 6.54 Å². The summed E-state index contributed by atoms with van der Waals surface area (Å²) in [6.45, 7) is -0.143. The number of nitrogens with zero attached hydrogens (tertiary/aromatic N) is 4. The lowest BCUT2D eigenvalue weighted by atomic mass is 10.3. The van der Waals surface area contributed by atoms with Gasteiger partial charge in [0, 0.05) is 5.69 Å². The van der Waals surface area contributed by atoms with Crippen LogP contribution in [0.15, 0.2) is 53.7 Å². The van der Waals surface area contributed by atoms with Gasteiger partial charge in [-0.1, -0.05) is 18.2 Å². The van der Waals surface area contributed by atoms with E-state index in [0.29, 0.717) is 11.2 Å². The Hall–Kier alpha value is -2.96. The lowest BCUT2D eigenvalue weighted by molar-refractivity contribution is -0.117. The van der Waals surface area contributed by atoms with Gasteiger partial charge < -0.3 is 5.32 Å². The summed E-state index contributed by atoms with van der Waals surface area (Å²) in [5, 5.41) is 10.5. The van der Waals surface area contributed by atoms with E-state index in [2.05, 4.69) is 15.5 Å². The molecule has 0 unspecified atom stereocenters. The molecule has 1 aromatic carbocycles. The molecule has 1 N–H and O–H groups in total. The van der Waals surface area contributed by atoms with E-state index in [9.17, 15) is 9.59 Å². The molecule has 0 saturated carbocycles. The Labute approximate surface area is 113 Å². The van der Waals surface area contributed by atoms with Crippen LogP contribution in [0.1, 0.15) is 0 Å². The van der Waals surface area contributed by atoms with E-state index in [-0.39, 0.29) is 18.0 Å². The molecule has 3 aromatic rings. The normalized spacial score (nSPS) is 10.6. The van der Waals surface area contributed by atoms with Gasteiger partial charge in [-0.25, -0.2) is 9.20 Å². The van der Waals surface area contributed by atoms with Crippen molar-refractivity contribution in [2.75, 3.05) is 5.32 Å². The van der Waals surface area contributed by atoms with Crippen molar-refractivity contribution in [3.05, 3.63) is 59.3 Å². The molecule has 0 aliphatic carbocycles. The smallest absolute Gasteiger partial charge is 0.293 e. The molecule has 0 saturated heterocycles. The Morgan fingerprint density at radius 3 is 2.75 bits per heavy atom. The van der Waals surface area contributed by atoms with Crippen LogP contribution in [0, 0.1) is 0 Å². The van der Waals surface area contributed by atoms with Crippen LogP contribution in [-0.2, 0) is 11.3 Å². The van der Waals surface area contributed by atoms with Gasteiger partial charge >= 0.3 is 0 Å². The summed E-state index contributed by atoms with van der Waals surface area (Å²) >= 11 is 0. The molecule has 0 fully saturated rings. The maximum Gasteiger partial charge on any atom is 0.293 e. The molecule has 0 spiro atoms. The number of benzene rings is 1. The van der Waals surface area contributed by atoms with Crippen LogP contribution < -0.4 is 10.9 Å². The lowest BCUT2D eigenvalue weighted by Gasteiger charge is -2.06. The largest absolute Gasteiger partial charge is 0.324 e. The summed E-state index contributed by atoms with van der Waals surface area (Å²) in [4.78, 5) is 23.9. The standard InChI is InChI=1S/C13H11N5O2/c19-12(16-10-4-2-1-3-5-10)8-17-13(20)11-6-7-14-18(11)9-15-17/h1-7,9H,8H2,(H,16,19). The van der Waals surface area contributed by atoms with Gasteiger partial charge in [0.15, 0.2) is 0 Å². The van der Waals surface area contributed by atoms with E-state index in [0.717, 1.165) is 4.68 Å². The van der Waals surface area contributed by atoms with Gasteiger partial charge in [0.05, 0.1) is 6.20 Å². The fourth-order valence-electron chi connectivity index (χ4n) is 1.84. The molecule has 20 heavy (non-hydrogen) atoms. The number of nitrogens with one attached hydrogen (secondary N) is 1. The highest BCUT2D eigenvalue weighted by Gasteiger charge is 2.09. The number of hydrogen-bond donors (Lipinski definition) is 1. The number of carbonyl (C=O) groups is 1. The van der Waals surface area contributed by atoms with Gasteiger partial charge in [-0.3, -0.25) is 9.59 Å². The first-order valence-corrected chi connectivity index (χ1v) is 5.98. The molecule has 0 radical (unpaired) electrons. The van der Waals surface area contributed by atoms with Crippen molar-refractivity contribution < 1.29 is 4.79 Å². The van der Waals surface area contributed by atoms with Crippen LogP contribution in [0.5, 0.6) is 0 Å². The first kappa shape index (κ1) is 12.1. The minimum atomic E-state index is -0.354. The lowest BCUT2D eigenvalue weighted by Crippen LogP contribution is -2.30. The van der Waals surface area contributed by atoms with Crippen molar-refractivity contribution in [1.29, 1.82) is 0 Å². The first-order valence-electron chi connectivity index (χ1n) is 5.98. The van der Waals surface area contributed by atoms with E-state index in [1.807, 2.05) is 18.2 Å². The second-order valence-corrected chi connectivity index (χ2v) is 4.17. The van der Waals surface area contributed by atoms with Crippen LogP contribution in [0.3, 0.4) is 0 Å². The van der Waals surface area contributed by atoms with E-state index in [4.69, 9.17) is 0 Å². The number of amides is 1. The van der Waals surface area contributed by atoms with Crippen molar-refractivity contribution >= 4 is 17.1 Å². The van der Waals surface area contributed by atoms with Gasteiger partial charge in [0.1, 0.15) is 18.4 Å². The molecule has 2 heterocycles. The maximum absolute atomic E-state index is 12.0. The molecule has 2 aromatic heterocycles. The second-order valence-electron chi connectivity index (χ2n) is 4.17. The first-order chi connectivity index (χ1) is 9.74. The Kier molecular flexibility index (Phi) is 3.00. The van der Waals surface area contributed by atoms with Crippen LogP contribution in [0.25, 0.3) is 5.52 Å². The molecule has 7 heteroatoms. The van der Waals surface area contributed by atoms with Gasteiger partial charge in [0.2, 0.25) is 5.91 Å². The van der Waals surface area contributed by atoms with Crippen molar-refractivity contribution in [3.8, 4) is 0 Å². The predicted molar refractivity (Wildman–Crippen MR) is 72.3 cm³/mol. The highest BCUT2D eigenvalue weighted by Crippen LogP contribution is 2.04. The third-order valence-electron chi connectivity index (χ3n) is 2.78. The molecule has 0 aliphatic heterocycles. The number of fused-ring (bicyclic) bond motifs is 1. The number of hydrogen-bond acceptors (Lipinski definition) is 4. The van der Waals surface area contributed by atoms with E-state index < -0.39 is 0 Å². The van der Waals surface area contributed by atoms with Crippen molar-refractivity contribution in [1.82, 2.24) is 19.4 Å². The number of aromatic nitrogens is 4. The molecule has 0 aliphatic rings. The zero-order valence-corrected chi connectivity index (χ0v) is 10.4. The van der Waals surface area contributed by atoms with E-state index in [1.165, 1.54) is 17.0 Å². The second kappa shape index (κ2) is 4.96. The summed E-state index contributed by atoms with van der Waals surface area (Å²) in [5.41, 5.74) is 0.705. The summed E-state index contributed by atoms with van der Waals surface area (Å²) in [7, 11) is 0. The van der Waals surface area contributed by atoms with Gasteiger partial charge in [-0.15, -0.1) is 0 Å². The van der Waals surface area contributed by atoms with Gasteiger partial charge in [0.25, 0.3) is 5.56 Å². The third-order valence-corrected chi connectivity index (χ3v) is 2.78. The molecular formula is C13H11N5O2. The van der Waals surface area contributed by atoms with Crippen LogP contribution in [0.2, 0.25) is 0 Å². The molecule has 0 atom stereocenters. The third kappa shape index (κ3) is 2.28. The average molecular weight is 269 g/mol. The molecule has 1 amide bonds. The zero-order valence-electron chi connectivity index (χ0n) is 10.4. The number of rotatable bonds is 3. The Balaban J connectivity index is 1.81. The monoisotopic (exact) mass is 269 g/mol. The van der Waals surface area contributed by atoms with E-state index >= 15 is 0 Å². The fraction of sp³-hybridized carbons (Fsp3) is 0.0769. The maximum atomic E-state index is 12.0. The minimum absolute atomic E-state index is 0.143. The van der Waals surface area contributed by atoms with Crippen LogP contribution >= 0.6 is 0 Å². The predicted octanol–water partition coefficient (Wildman–Crippen LogP) is 0.530. The summed E-state index contributed by atoms with van der Waals surface area (Å²) in [6, 6.07) is 10.6. The molecule has 7 nitrogen and oxygen atoms in total. The van der Waals surface area contributed by atoms with Gasteiger partial charge in [-0.05, 0) is 18.2 Å². The Bertz CT molecular complexity index is 806. The SMILES string of the molecule is O=C(Cn1ncn2nccc2c1=O)Nc1ccccc1. The van der Waals surface area contributed by atoms with Crippen LogP contribution in [0.4, 0.5) is 5.69 Å². The summed E-state index contributed by atoms with van der Waals surface area (Å²) in [5.74, 6) is -0.310. The number of carbonyl (C=O) groups excluding carboxylic acids is 1. The van der Waals surface area contributed by atoms with E-state index in [1.54, 1.807) is 18.2 Å². The topological polar surface area (TPSA) is 81.3 Å². The Morgan fingerprint density at radius 1 is 1.15 bits per heavy atom. The van der Waals surface area contributed by atoms with Crippen LogP contribution in [-0.4, -0.2) is 25.3 Å². The molecule has 3 rings (SSSR count).